The molecule has 5 heterocycles. The molecule has 4 aliphatic heterocycles. The number of nitrogens with one attached hydrogen (secondary N) is 1. The second-order valence-electron chi connectivity index (χ2n) is 24.3. The predicted molar refractivity (Wildman–Crippen MR) is 312 cm³/mol. The van der Waals surface area contributed by atoms with E-state index in [1.807, 2.05) is 103 Å². The van der Waals surface area contributed by atoms with Gasteiger partial charge in [-0.1, -0.05) is 82.3 Å². The molecule has 1 aromatic heterocycles. The van der Waals surface area contributed by atoms with Crippen molar-refractivity contribution in [1.82, 2.24) is 20.3 Å². The molecule has 0 saturated carbocycles. The highest BCUT2D eigenvalue weighted by Gasteiger charge is 2.61. The number of esters is 3. The van der Waals surface area contributed by atoms with Gasteiger partial charge in [0.2, 0.25) is 0 Å². The summed E-state index contributed by atoms with van der Waals surface area (Å²) in [6, 6.07) is 25.9. The summed E-state index contributed by atoms with van der Waals surface area (Å²) in [5.41, 5.74) is 1.94. The molecular formula is C65H88N4O15. The Hall–Kier alpha value is -5.90. The molecule has 0 aliphatic carbocycles. The number of rotatable bonds is 17. The average molecular weight is 1170 g/mol. The zero-order valence-corrected chi connectivity index (χ0v) is 51.3. The number of benzene rings is 3. The van der Waals surface area contributed by atoms with Crippen LogP contribution in [0.2, 0.25) is 0 Å². The number of Topliss-reactive ketones (excluding diaryl/α,β-unsaturated/α-hetero) is 1. The zero-order chi connectivity index (χ0) is 60.8. The molecule has 1 unspecified atom stereocenters. The number of pyridine rings is 1. The number of aryl methyl sites for hydroxylation is 1. The van der Waals surface area contributed by atoms with E-state index in [1.165, 1.54) is 12.1 Å². The van der Waals surface area contributed by atoms with Crippen molar-refractivity contribution < 1.29 is 71.3 Å². The Bertz CT molecular complexity index is 2890. The third-order valence-electron chi connectivity index (χ3n) is 18.1. The standard InChI is InChI=1S/C65H88N4O15/c1-15-50-65(10)55(69(62(74)84-65)67-33-24-29-44-32-34-66-48-31-23-22-30-47(44)48)40(4)52(70)38(2)36-63(8,75-13)56(83-61-54(49(68(11)12)35-39(3)77-61)81-59(72)45-25-18-16-19-26-45)41(5)53(42(6)58(71)79-50)80-51-37-64(9,76-14)57(43(7)78-51)82-60(73)46-27-20-17-21-28-46/h16-23,25-28,30-32,34,38-43,49-51,53-57,61,67H,15,24,29,33,35-37H2,1-14H3/t38-,39-,40+,41+,42-,43+,49+,50-,51+,53?,54-,55+,56-,57+,61+,63-,64-,65-/m1/s1. The van der Waals surface area contributed by atoms with Gasteiger partial charge in [-0.05, 0) is 130 Å². The molecule has 19 heteroatoms. The number of hydrogen-bond donors (Lipinski definition) is 1. The van der Waals surface area contributed by atoms with Crippen molar-refractivity contribution >= 4 is 40.7 Å². The molecule has 18 atom stereocenters. The molecule has 458 valence electrons. The number of fused-ring (bicyclic) bond motifs is 2. The van der Waals surface area contributed by atoms with Gasteiger partial charge < -0.3 is 52.3 Å². The van der Waals surface area contributed by atoms with Crippen LogP contribution in [0.5, 0.6) is 0 Å². The van der Waals surface area contributed by atoms with E-state index in [4.69, 9.17) is 47.4 Å². The molecule has 0 bridgehead atoms. The number of para-hydroxylation sites is 1. The molecule has 1 amide bonds. The summed E-state index contributed by atoms with van der Waals surface area (Å²) in [7, 11) is 6.88. The summed E-state index contributed by atoms with van der Waals surface area (Å²) in [4.78, 5) is 79.4. The van der Waals surface area contributed by atoms with Crippen LogP contribution in [0.25, 0.3) is 10.9 Å². The number of methoxy groups -OCH3 is 2. The molecule has 84 heavy (non-hydrogen) atoms. The van der Waals surface area contributed by atoms with Gasteiger partial charge in [0.1, 0.15) is 23.5 Å². The maximum Gasteiger partial charge on any atom is 0.425 e. The first kappa shape index (κ1) is 64.1. The number of likely N-dealkylation sites (N-methyl/N-ethyl adjacent to an activating group) is 1. The molecular weight excluding hydrogens is 1080 g/mol. The van der Waals surface area contributed by atoms with Crippen LogP contribution in [0, 0.1) is 23.7 Å². The fourth-order valence-corrected chi connectivity index (χ4v) is 13.4. The Labute approximate surface area is 494 Å². The first-order valence-corrected chi connectivity index (χ1v) is 29.7. The molecule has 0 spiro atoms. The lowest BCUT2D eigenvalue weighted by molar-refractivity contribution is -0.318. The number of ether oxygens (including phenoxy) is 10. The van der Waals surface area contributed by atoms with E-state index in [9.17, 15) is 14.4 Å². The minimum Gasteiger partial charge on any atom is -0.458 e. The molecule has 4 aliphatic rings. The number of carbonyl (C=O) groups is 5. The first-order chi connectivity index (χ1) is 40.0. The van der Waals surface area contributed by atoms with E-state index in [2.05, 4.69) is 10.4 Å². The smallest absolute Gasteiger partial charge is 0.425 e. The second kappa shape index (κ2) is 27.2. The molecule has 8 rings (SSSR count). The van der Waals surface area contributed by atoms with Gasteiger partial charge in [-0.15, -0.1) is 0 Å². The van der Waals surface area contributed by atoms with Gasteiger partial charge in [0.15, 0.2) is 30.4 Å². The Kier molecular flexibility index (Phi) is 20.8. The number of ketones is 1. The summed E-state index contributed by atoms with van der Waals surface area (Å²) >= 11 is 0. The molecule has 4 fully saturated rings. The van der Waals surface area contributed by atoms with Gasteiger partial charge in [-0.25, -0.2) is 24.8 Å². The van der Waals surface area contributed by atoms with Crippen LogP contribution < -0.4 is 5.43 Å². The number of carbonyl (C=O) groups excluding carboxylic acids is 5. The van der Waals surface area contributed by atoms with Crippen LogP contribution >= 0.6 is 0 Å². The normalized spacial score (nSPS) is 35.2. The van der Waals surface area contributed by atoms with Gasteiger partial charge in [0.25, 0.3) is 0 Å². The lowest BCUT2D eigenvalue weighted by Crippen LogP contribution is -2.62. The number of aromatic nitrogens is 1. The van der Waals surface area contributed by atoms with E-state index < -0.39 is 120 Å². The van der Waals surface area contributed by atoms with Crippen LogP contribution in [0.1, 0.15) is 128 Å². The Balaban J connectivity index is 1.18. The lowest BCUT2D eigenvalue weighted by atomic mass is 9.73. The van der Waals surface area contributed by atoms with Crippen molar-refractivity contribution in [3.05, 3.63) is 114 Å². The van der Waals surface area contributed by atoms with E-state index in [1.54, 1.807) is 89.5 Å². The van der Waals surface area contributed by atoms with Crippen molar-refractivity contribution in [3.63, 3.8) is 0 Å². The summed E-state index contributed by atoms with van der Waals surface area (Å²) in [5, 5.41) is 2.45. The number of hydrazine groups is 1. The first-order valence-electron chi connectivity index (χ1n) is 29.7. The SMILES string of the molecule is CC[C@H]1OC(=O)[C@H](C)C(O[C@H]2C[C@@](C)(OC)[C@@H](OC(=O)c3ccccc3)[C@H](C)O2)[C@H](C)[C@@H](O[C@@H]2O[C@H](C)C[C@H](N(C)C)[C@H]2OC(=O)c2ccccc2)[C@](C)(OC)C[C@@H](C)C(=O)[C@H](C)[C@@H]2N(NCCCc3ccnc4ccccc34)C(=O)O[C@@]21C. The van der Waals surface area contributed by atoms with E-state index in [0.29, 0.717) is 36.9 Å². The van der Waals surface area contributed by atoms with Crippen molar-refractivity contribution in [1.29, 1.82) is 0 Å². The van der Waals surface area contributed by atoms with E-state index >= 15 is 9.59 Å². The van der Waals surface area contributed by atoms with E-state index in [0.717, 1.165) is 16.5 Å². The fraction of sp³-hybridized carbons (Fsp3) is 0.600. The number of amides is 1. The highest BCUT2D eigenvalue weighted by atomic mass is 16.7. The Morgan fingerprint density at radius 3 is 2.00 bits per heavy atom. The van der Waals surface area contributed by atoms with Crippen molar-refractivity contribution in [2.45, 2.75) is 192 Å². The van der Waals surface area contributed by atoms with Gasteiger partial charge in [-0.2, -0.15) is 0 Å². The molecule has 4 aromatic rings. The summed E-state index contributed by atoms with van der Waals surface area (Å²) in [6.07, 6.45) is -5.42. The van der Waals surface area contributed by atoms with Gasteiger partial charge in [0, 0.05) is 56.5 Å². The predicted octanol–water partition coefficient (Wildman–Crippen LogP) is 9.32. The zero-order valence-electron chi connectivity index (χ0n) is 51.3. The third kappa shape index (κ3) is 13.7. The van der Waals surface area contributed by atoms with Gasteiger partial charge in [-0.3, -0.25) is 14.6 Å². The average Bonchev–Trinajstić information content (AvgIpc) is 3.69. The minimum atomic E-state index is -1.54. The molecule has 4 saturated heterocycles. The fourth-order valence-electron chi connectivity index (χ4n) is 13.4. The summed E-state index contributed by atoms with van der Waals surface area (Å²) in [6.45, 7) is 18.5. The van der Waals surface area contributed by atoms with Crippen molar-refractivity contribution in [2.75, 3.05) is 34.9 Å². The topological polar surface area (TPSA) is 209 Å². The molecule has 0 radical (unpaired) electrons. The second-order valence-corrected chi connectivity index (χ2v) is 24.3. The number of nitrogens with zero attached hydrogens (tertiary/aromatic N) is 3. The highest BCUT2D eigenvalue weighted by molar-refractivity contribution is 5.90. The molecule has 19 nitrogen and oxygen atoms in total. The minimum absolute atomic E-state index is 0.0443. The van der Waals surface area contributed by atoms with Crippen LogP contribution in [-0.2, 0) is 63.4 Å². The van der Waals surface area contributed by atoms with Crippen LogP contribution in [0.4, 0.5) is 4.79 Å². The Morgan fingerprint density at radius 2 is 1.37 bits per heavy atom. The third-order valence-corrected chi connectivity index (χ3v) is 18.1. The number of cyclic esters (lactones) is 1. The highest BCUT2D eigenvalue weighted by Crippen LogP contribution is 2.45. The Morgan fingerprint density at radius 1 is 0.750 bits per heavy atom. The van der Waals surface area contributed by atoms with Crippen LogP contribution in [0.3, 0.4) is 0 Å². The molecule has 1 N–H and O–H groups in total. The largest absolute Gasteiger partial charge is 0.458 e. The van der Waals surface area contributed by atoms with Gasteiger partial charge in [0.05, 0.1) is 58.6 Å². The van der Waals surface area contributed by atoms with Crippen molar-refractivity contribution in [3.8, 4) is 0 Å². The van der Waals surface area contributed by atoms with Crippen molar-refractivity contribution in [2.24, 2.45) is 23.7 Å². The maximum absolute atomic E-state index is 15.5. The number of hydrogen-bond acceptors (Lipinski definition) is 18. The van der Waals surface area contributed by atoms with Gasteiger partial charge >= 0.3 is 24.0 Å². The summed E-state index contributed by atoms with van der Waals surface area (Å²) in [5.74, 6) is -5.60. The quantitative estimate of drug-likeness (QED) is 0.0593. The molecule has 3 aromatic carbocycles. The monoisotopic (exact) mass is 1160 g/mol. The van der Waals surface area contributed by atoms with E-state index in [-0.39, 0.29) is 37.2 Å². The van der Waals surface area contributed by atoms with Crippen LogP contribution in [-0.4, -0.2) is 164 Å². The lowest BCUT2D eigenvalue weighted by Gasteiger charge is -2.50. The van der Waals surface area contributed by atoms with Crippen LogP contribution in [0.15, 0.2) is 97.2 Å². The summed E-state index contributed by atoms with van der Waals surface area (Å²) < 4.78 is 66.3. The maximum atomic E-state index is 15.5.